The van der Waals surface area contributed by atoms with Crippen molar-refractivity contribution in [3.8, 4) is 11.5 Å². The molecule has 2 aromatic heterocycles. The molecule has 0 aliphatic carbocycles. The molecule has 66 heavy (non-hydrogen) atoms. The summed E-state index contributed by atoms with van der Waals surface area (Å²) >= 11 is 0. The average Bonchev–Trinajstić information content (AvgIpc) is 3.30. The summed E-state index contributed by atoms with van der Waals surface area (Å²) in [5, 5.41) is 23.5. The molecule has 0 spiro atoms. The third-order valence-corrected chi connectivity index (χ3v) is 10.4. The van der Waals surface area contributed by atoms with Gasteiger partial charge in [-0.05, 0) is 137 Å². The summed E-state index contributed by atoms with van der Waals surface area (Å²) in [5.74, 6) is -0.873. The van der Waals surface area contributed by atoms with Gasteiger partial charge in [0.25, 0.3) is 0 Å². The molecule has 0 fully saturated rings. The molecule has 8 nitrogen and oxygen atoms in total. The summed E-state index contributed by atoms with van der Waals surface area (Å²) in [6.45, 7) is 16.2. The Balaban J connectivity index is 0.000000226. The predicted molar refractivity (Wildman–Crippen MR) is 264 cm³/mol. The van der Waals surface area contributed by atoms with Crippen molar-refractivity contribution in [3.05, 3.63) is 215 Å². The number of pyridine rings is 2. The topological polar surface area (TPSA) is 121 Å². The van der Waals surface area contributed by atoms with Crippen molar-refractivity contribution in [2.75, 3.05) is 0 Å². The van der Waals surface area contributed by atoms with E-state index in [1.54, 1.807) is 0 Å². The molecule has 0 N–H and O–H groups in total. The SMILES string of the molecule is CC(=Nc1ccccc1C)c1cccc(C(C)=Nc2ccccc2C)n1.CC(=Nc1ccccc1C)c1cccc(C(C)=Nc2ccccc2C)n1.[Co+].[Co+].[O-]c1cc2ccccc2cc1[O-]. The van der Waals surface area contributed by atoms with Gasteiger partial charge in [-0.3, -0.25) is 20.0 Å². The number of nitrogens with zero attached hydrogens (tertiary/aromatic N) is 6. The number of fused-ring (bicyclic) bond motifs is 1. The van der Waals surface area contributed by atoms with Gasteiger partial charge >= 0.3 is 33.6 Å². The second-order valence-corrected chi connectivity index (χ2v) is 15.4. The molecule has 8 rings (SSSR count). The van der Waals surface area contributed by atoms with E-state index in [1.807, 2.05) is 161 Å². The number of rotatable bonds is 8. The first kappa shape index (κ1) is 51.8. The van der Waals surface area contributed by atoms with Crippen molar-refractivity contribution in [3.63, 3.8) is 0 Å². The summed E-state index contributed by atoms with van der Waals surface area (Å²) < 4.78 is 0. The first-order chi connectivity index (χ1) is 30.9. The quantitative estimate of drug-likeness (QED) is 0.141. The van der Waals surface area contributed by atoms with Crippen LogP contribution in [0.5, 0.6) is 11.5 Å². The molecule has 0 aliphatic rings. The van der Waals surface area contributed by atoms with E-state index in [0.29, 0.717) is 0 Å². The third-order valence-electron chi connectivity index (χ3n) is 10.4. The van der Waals surface area contributed by atoms with Crippen LogP contribution in [0.15, 0.2) is 190 Å². The Hall–Kier alpha value is -6.83. The Morgan fingerprint density at radius 1 is 0.333 bits per heavy atom. The first-order valence-electron chi connectivity index (χ1n) is 21.1. The average molecular weight is 959 g/mol. The van der Waals surface area contributed by atoms with Crippen molar-refractivity contribution in [1.29, 1.82) is 0 Å². The smallest absolute Gasteiger partial charge is 0.873 e. The molecule has 0 saturated carbocycles. The van der Waals surface area contributed by atoms with Crippen molar-refractivity contribution in [2.45, 2.75) is 55.4 Å². The molecule has 0 aliphatic heterocycles. The summed E-state index contributed by atoms with van der Waals surface area (Å²) in [4.78, 5) is 28.5. The van der Waals surface area contributed by atoms with Gasteiger partial charge in [0, 0.05) is 0 Å². The monoisotopic (exact) mass is 958 g/mol. The molecule has 0 bridgehead atoms. The Morgan fingerprint density at radius 3 is 0.803 bits per heavy atom. The summed E-state index contributed by atoms with van der Waals surface area (Å²) in [5.41, 5.74) is 15.5. The molecule has 0 amide bonds. The Morgan fingerprint density at radius 2 is 0.561 bits per heavy atom. The number of hydrogen-bond donors (Lipinski definition) is 0. The molecule has 10 heteroatoms. The summed E-state index contributed by atoms with van der Waals surface area (Å²) in [6, 6.07) is 54.5. The normalized spacial score (nSPS) is 11.6. The number of benzene rings is 6. The fourth-order valence-electron chi connectivity index (χ4n) is 6.58. The van der Waals surface area contributed by atoms with Gasteiger partial charge in [-0.2, -0.15) is 0 Å². The minimum absolute atomic E-state index is 0. The van der Waals surface area contributed by atoms with Gasteiger partial charge in [-0.25, -0.2) is 9.97 Å². The van der Waals surface area contributed by atoms with Gasteiger partial charge in [-0.15, -0.1) is 11.5 Å². The van der Waals surface area contributed by atoms with Crippen LogP contribution in [0.2, 0.25) is 0 Å². The van der Waals surface area contributed by atoms with Crippen LogP contribution < -0.4 is 10.2 Å². The predicted octanol–water partition coefficient (Wildman–Crippen LogP) is 12.9. The van der Waals surface area contributed by atoms with Crippen molar-refractivity contribution in [1.82, 2.24) is 9.97 Å². The van der Waals surface area contributed by atoms with Crippen LogP contribution in [0.3, 0.4) is 0 Å². The van der Waals surface area contributed by atoms with Gasteiger partial charge in [0.2, 0.25) is 0 Å². The van der Waals surface area contributed by atoms with E-state index in [-0.39, 0.29) is 33.6 Å². The molecule has 6 aromatic carbocycles. The summed E-state index contributed by atoms with van der Waals surface area (Å²) in [7, 11) is 0. The zero-order chi connectivity index (χ0) is 45.6. The minimum atomic E-state index is -0.436. The zero-order valence-electron chi connectivity index (χ0n) is 38.3. The van der Waals surface area contributed by atoms with E-state index in [1.165, 1.54) is 12.1 Å². The molecule has 0 unspecified atom stereocenters. The van der Waals surface area contributed by atoms with E-state index in [0.717, 1.165) is 101 Å². The van der Waals surface area contributed by atoms with E-state index < -0.39 is 11.5 Å². The molecule has 0 radical (unpaired) electrons. The second kappa shape index (κ2) is 25.0. The zero-order valence-corrected chi connectivity index (χ0v) is 40.4. The van der Waals surface area contributed by atoms with Gasteiger partial charge in [0.15, 0.2) is 0 Å². The molecule has 0 saturated heterocycles. The fraction of sp³-hybridized carbons (Fsp3) is 0.143. The maximum Gasteiger partial charge on any atom is 1.00 e. The van der Waals surface area contributed by atoms with Crippen LogP contribution in [-0.4, -0.2) is 32.8 Å². The number of aliphatic imine (C=N–C) groups is 4. The number of para-hydroxylation sites is 4. The molecule has 2 heterocycles. The van der Waals surface area contributed by atoms with Crippen molar-refractivity contribution >= 4 is 56.4 Å². The van der Waals surface area contributed by atoms with Crippen LogP contribution in [0.25, 0.3) is 10.8 Å². The Labute approximate surface area is 409 Å². The molecular formula is C56H52Co2N6O2. The molecule has 336 valence electrons. The van der Waals surface area contributed by atoms with E-state index in [2.05, 4.69) is 52.0 Å². The Kier molecular flexibility index (Phi) is 19.6. The summed E-state index contributed by atoms with van der Waals surface area (Å²) in [6.07, 6.45) is 0. The molecule has 0 atom stereocenters. The number of aromatic nitrogens is 2. The van der Waals surface area contributed by atoms with Crippen LogP contribution in [0.4, 0.5) is 22.7 Å². The van der Waals surface area contributed by atoms with Crippen LogP contribution in [0, 0.1) is 27.7 Å². The third kappa shape index (κ3) is 14.3. The number of hydrogen-bond acceptors (Lipinski definition) is 8. The van der Waals surface area contributed by atoms with Gasteiger partial charge in [-0.1, -0.05) is 121 Å². The van der Waals surface area contributed by atoms with Crippen molar-refractivity contribution in [2.24, 2.45) is 20.0 Å². The standard InChI is InChI=1S/2C23H23N3.C10H8O2.2Co/c2*1-16-10-5-7-12-20(16)24-18(3)22-14-9-15-23(26-22)19(4)25-21-13-8-6-11-17(21)2;11-9-5-7-3-1-2-4-8(7)6-10(9)12;;/h2*5-15H,1-4H3;1-6,11-12H;;/q;;;2*+1/p-2. The molecular weight excluding hydrogens is 907 g/mol. The largest absolute Gasteiger partial charge is 1.00 e. The van der Waals surface area contributed by atoms with Crippen molar-refractivity contribution < 1.29 is 43.8 Å². The van der Waals surface area contributed by atoms with Gasteiger partial charge in [0.1, 0.15) is 0 Å². The fourth-order valence-corrected chi connectivity index (χ4v) is 6.58. The number of aryl methyl sites for hydroxylation is 4. The first-order valence-corrected chi connectivity index (χ1v) is 21.1. The van der Waals surface area contributed by atoms with Crippen LogP contribution >= 0.6 is 0 Å². The van der Waals surface area contributed by atoms with E-state index in [4.69, 9.17) is 29.9 Å². The van der Waals surface area contributed by atoms with Gasteiger partial charge in [0.05, 0.1) is 68.4 Å². The van der Waals surface area contributed by atoms with Gasteiger partial charge < -0.3 is 10.2 Å². The maximum absolute atomic E-state index is 10.9. The van der Waals surface area contributed by atoms with E-state index in [9.17, 15) is 10.2 Å². The van der Waals surface area contributed by atoms with E-state index >= 15 is 0 Å². The Bertz CT molecular complexity index is 2680. The second-order valence-electron chi connectivity index (χ2n) is 15.4. The minimum Gasteiger partial charge on any atom is -0.873 e. The van der Waals surface area contributed by atoms with Crippen LogP contribution in [0.1, 0.15) is 72.7 Å². The maximum atomic E-state index is 10.9. The van der Waals surface area contributed by atoms with Crippen LogP contribution in [-0.2, 0) is 33.6 Å². The molecule has 8 aromatic rings.